The van der Waals surface area contributed by atoms with E-state index < -0.39 is 0 Å². The van der Waals surface area contributed by atoms with Gasteiger partial charge in [-0.15, -0.1) is 0 Å². The Kier molecular flexibility index (Phi) is 14.6. The Bertz CT molecular complexity index is 139. The van der Waals surface area contributed by atoms with Gasteiger partial charge >= 0.3 is 0 Å². The monoisotopic (exact) mass is 285 g/mol. The van der Waals surface area contributed by atoms with Gasteiger partial charge < -0.3 is 5.11 Å². The summed E-state index contributed by atoms with van der Waals surface area (Å²) >= 11 is 5.95. The molecule has 0 aliphatic heterocycles. The fourth-order valence-corrected chi connectivity index (χ4v) is 1.96. The summed E-state index contributed by atoms with van der Waals surface area (Å²) in [5.41, 5.74) is 0. The van der Waals surface area contributed by atoms with E-state index in [4.69, 9.17) is 5.11 Å². The Morgan fingerprint density at radius 3 is 1.93 bits per heavy atom. The van der Waals surface area contributed by atoms with Crippen molar-refractivity contribution in [3.63, 3.8) is 0 Å². The van der Waals surface area contributed by atoms with E-state index in [2.05, 4.69) is 30.4 Å². The Balaban J connectivity index is 0. The smallest absolute Gasteiger partial charge is 0.233 e. The van der Waals surface area contributed by atoms with Crippen LogP contribution < -0.4 is 0 Å². The van der Waals surface area contributed by atoms with Crippen molar-refractivity contribution in [2.24, 2.45) is 0 Å². The summed E-state index contributed by atoms with van der Waals surface area (Å²) in [5.74, 6) is 0. The van der Waals surface area contributed by atoms with Crippen molar-refractivity contribution in [3.8, 4) is 0 Å². The van der Waals surface area contributed by atoms with Crippen LogP contribution in [0.1, 0.15) is 39.5 Å². The number of nitrogens with zero attached hydrogens (tertiary/aromatic N) is 1. The van der Waals surface area contributed by atoms with E-state index in [0.717, 1.165) is 13.1 Å². The number of hydrogen-bond donors (Lipinski definition) is 1. The summed E-state index contributed by atoms with van der Waals surface area (Å²) in [6.07, 6.45) is 4.70. The van der Waals surface area contributed by atoms with E-state index in [9.17, 15) is 0 Å². The van der Waals surface area contributed by atoms with Crippen molar-refractivity contribution in [1.29, 1.82) is 0 Å². The Labute approximate surface area is 110 Å². The second kappa shape index (κ2) is 11.9. The van der Waals surface area contributed by atoms with E-state index in [-0.39, 0.29) is 23.9 Å². The number of thiocarbonyl (C=S) groups is 1. The molecule has 0 aromatic carbocycles. The summed E-state index contributed by atoms with van der Waals surface area (Å²) in [6.45, 7) is 6.36. The van der Waals surface area contributed by atoms with Crippen LogP contribution in [-0.4, -0.2) is 26.9 Å². The Hall–Kier alpha value is 0.823. The van der Waals surface area contributed by atoms with Gasteiger partial charge in [0.25, 0.3) is 0 Å². The quantitative estimate of drug-likeness (QED) is 0.440. The first-order chi connectivity index (χ1) is 6.20. The predicted molar refractivity (Wildman–Crippen MR) is 64.2 cm³/mol. The molecule has 0 spiro atoms. The third-order valence-corrected chi connectivity index (χ3v) is 2.73. The normalized spacial score (nSPS) is 9.93. The molecule has 0 unspecified atom stereocenters. The summed E-state index contributed by atoms with van der Waals surface area (Å²) in [4.78, 5) is 0. The summed E-state index contributed by atoms with van der Waals surface area (Å²) in [5, 5.41) is 8.97. The van der Waals surface area contributed by atoms with Crippen LogP contribution in [0.5, 0.6) is 0 Å². The topological polar surface area (TPSA) is 23.5 Å². The largest absolute Gasteiger partial charge is 0.493 e. The molecule has 0 fully saturated rings. The summed E-state index contributed by atoms with van der Waals surface area (Å²) < 4.78 is 2.18. The Morgan fingerprint density at radius 2 is 1.64 bits per heavy atom. The molecule has 0 bridgehead atoms. The van der Waals surface area contributed by atoms with Crippen LogP contribution in [-0.2, 0) is 19.5 Å². The molecule has 2 nitrogen and oxygen atoms in total. The average Bonchev–Trinajstić information content (AvgIpc) is 2.09. The minimum Gasteiger partial charge on any atom is -0.493 e. The van der Waals surface area contributed by atoms with Gasteiger partial charge in [0.15, 0.2) is 0 Å². The van der Waals surface area contributed by atoms with Crippen LogP contribution in [0, 0.1) is 0 Å². The average molecular weight is 287 g/mol. The van der Waals surface area contributed by atoms with Crippen molar-refractivity contribution in [2.45, 2.75) is 39.5 Å². The summed E-state index contributed by atoms with van der Waals surface area (Å²) in [7, 11) is 0. The van der Waals surface area contributed by atoms with Gasteiger partial charge in [-0.3, -0.25) is 0 Å². The van der Waals surface area contributed by atoms with Crippen molar-refractivity contribution in [2.75, 3.05) is 13.1 Å². The number of hydrogen-bond acceptors (Lipinski definition) is 3. The molecule has 0 aliphatic carbocycles. The molecule has 0 amide bonds. The molecule has 0 radical (unpaired) electrons. The fourth-order valence-electron chi connectivity index (χ4n) is 0.982. The van der Waals surface area contributed by atoms with E-state index >= 15 is 0 Å². The Morgan fingerprint density at radius 1 is 1.21 bits per heavy atom. The summed E-state index contributed by atoms with van der Waals surface area (Å²) in [6, 6.07) is 0. The van der Waals surface area contributed by atoms with Gasteiger partial charge in [-0.05, 0) is 25.1 Å². The zero-order valence-electron chi connectivity index (χ0n) is 9.16. The van der Waals surface area contributed by atoms with Crippen molar-refractivity contribution in [1.82, 2.24) is 4.31 Å². The van der Waals surface area contributed by atoms with Crippen LogP contribution in [0.4, 0.5) is 0 Å². The second-order valence-corrected chi connectivity index (χ2v) is 4.72. The second-order valence-electron chi connectivity index (χ2n) is 2.99. The van der Waals surface area contributed by atoms with Crippen LogP contribution >= 0.6 is 24.2 Å². The molecule has 80 valence electrons. The maximum atomic E-state index is 8.97. The predicted octanol–water partition coefficient (Wildman–Crippen LogP) is 3.38. The van der Waals surface area contributed by atoms with Crippen molar-refractivity contribution >= 4 is 28.5 Å². The van der Waals surface area contributed by atoms with Crippen LogP contribution in [0.25, 0.3) is 0 Å². The molecule has 0 saturated heterocycles. The van der Waals surface area contributed by atoms with Gasteiger partial charge in [-0.2, -0.15) is 0 Å². The number of aliphatic hydroxyl groups is 1. The van der Waals surface area contributed by atoms with Gasteiger partial charge in [0.1, 0.15) is 0 Å². The third kappa shape index (κ3) is 10.9. The molecule has 0 aromatic rings. The molecular formula is C9H19NOS2Zn. The van der Waals surface area contributed by atoms with Gasteiger partial charge in [-0.1, -0.05) is 26.7 Å². The van der Waals surface area contributed by atoms with Crippen LogP contribution in [0.15, 0.2) is 0 Å². The first-order valence-corrected chi connectivity index (χ1v) is 6.04. The molecule has 0 aromatic heterocycles. The molecule has 14 heavy (non-hydrogen) atoms. The number of unbranched alkanes of at least 4 members (excludes halogenated alkanes) is 2. The van der Waals surface area contributed by atoms with Crippen LogP contribution in [0.2, 0.25) is 0 Å². The molecule has 0 saturated carbocycles. The first kappa shape index (κ1) is 17.2. The van der Waals surface area contributed by atoms with Crippen molar-refractivity contribution < 1.29 is 24.6 Å². The minimum absolute atomic E-state index is 0. The van der Waals surface area contributed by atoms with E-state index in [0.29, 0.717) is 0 Å². The number of rotatable bonds is 7. The standard InChI is InChI=1S/C9H19NOS2.Zn/c1-3-5-7-10(8-6-4-2)13-9(11)12;/h3-8H2,1-2H3,(H,11,12);. The van der Waals surface area contributed by atoms with Gasteiger partial charge in [0.05, 0.1) is 0 Å². The first-order valence-electron chi connectivity index (χ1n) is 4.86. The minimum atomic E-state index is 0. The van der Waals surface area contributed by atoms with Crippen LogP contribution in [0.3, 0.4) is 0 Å². The van der Waals surface area contributed by atoms with E-state index in [1.807, 2.05) is 0 Å². The molecule has 1 N–H and O–H groups in total. The molecule has 0 heterocycles. The van der Waals surface area contributed by atoms with Gasteiger partial charge in [0.2, 0.25) is 4.38 Å². The number of aliphatic hydroxyl groups excluding tert-OH is 1. The fraction of sp³-hybridized carbons (Fsp3) is 0.889. The SMILES string of the molecule is CCCCN(CCCC)SC(O)=S.[Zn]. The third-order valence-electron chi connectivity index (χ3n) is 1.73. The molecular weight excluding hydrogens is 268 g/mol. The maximum absolute atomic E-state index is 8.97. The van der Waals surface area contributed by atoms with Gasteiger partial charge in [-0.25, -0.2) is 4.31 Å². The maximum Gasteiger partial charge on any atom is 0.233 e. The van der Waals surface area contributed by atoms with E-state index in [1.54, 1.807) is 0 Å². The molecule has 0 aliphatic rings. The molecule has 0 atom stereocenters. The zero-order valence-corrected chi connectivity index (χ0v) is 13.8. The zero-order chi connectivity index (χ0) is 10.1. The molecule has 5 heteroatoms. The van der Waals surface area contributed by atoms with Gasteiger partial charge in [0, 0.05) is 44.5 Å². The molecule has 0 rings (SSSR count). The van der Waals surface area contributed by atoms with Crippen molar-refractivity contribution in [3.05, 3.63) is 0 Å². The van der Waals surface area contributed by atoms with E-state index in [1.165, 1.54) is 37.6 Å².